The molecular formula is C26H25NO3. The molecule has 30 heavy (non-hydrogen) atoms. The van der Waals surface area contributed by atoms with Crippen molar-refractivity contribution in [1.29, 1.82) is 0 Å². The van der Waals surface area contributed by atoms with Crippen LogP contribution >= 0.6 is 0 Å². The Kier molecular flexibility index (Phi) is 5.01. The van der Waals surface area contributed by atoms with E-state index in [0.717, 1.165) is 36.0 Å². The highest BCUT2D eigenvalue weighted by atomic mass is 16.5. The lowest BCUT2D eigenvalue weighted by Gasteiger charge is -2.16. The molecule has 2 heterocycles. The van der Waals surface area contributed by atoms with Crippen LogP contribution in [-0.2, 0) is 0 Å². The number of hydrogen-bond acceptors (Lipinski definition) is 4. The summed E-state index contributed by atoms with van der Waals surface area (Å²) in [4.78, 5) is 15.3. The van der Waals surface area contributed by atoms with Crippen molar-refractivity contribution in [3.05, 3.63) is 84.3 Å². The highest BCUT2D eigenvalue weighted by molar-refractivity contribution is 6.00. The summed E-state index contributed by atoms with van der Waals surface area (Å²) >= 11 is 0. The van der Waals surface area contributed by atoms with Gasteiger partial charge in [0, 0.05) is 37.5 Å². The molecule has 4 nitrogen and oxygen atoms in total. The summed E-state index contributed by atoms with van der Waals surface area (Å²) in [5, 5.41) is 2.01. The molecule has 1 saturated heterocycles. The molecule has 0 bridgehead atoms. The van der Waals surface area contributed by atoms with Gasteiger partial charge in [-0.2, -0.15) is 0 Å². The topological polar surface area (TPSA) is 38.8 Å². The SMILES string of the molecule is CC1CN(CCC(=O)c2ccc3cc4c(cc3c2)OC=CO4)CC1c1ccccc1. The molecule has 0 saturated carbocycles. The van der Waals surface area contributed by atoms with E-state index in [1.165, 1.54) is 18.1 Å². The fourth-order valence-electron chi connectivity index (χ4n) is 4.60. The fraction of sp³-hybridized carbons (Fsp3) is 0.269. The number of carbonyl (C=O) groups excluding carboxylic acids is 1. The third kappa shape index (κ3) is 3.71. The molecule has 2 unspecified atom stereocenters. The summed E-state index contributed by atoms with van der Waals surface area (Å²) in [6, 6.07) is 20.4. The first-order valence-electron chi connectivity index (χ1n) is 10.5. The molecule has 0 amide bonds. The Morgan fingerprint density at radius 2 is 1.67 bits per heavy atom. The summed E-state index contributed by atoms with van der Waals surface area (Å²) in [6.07, 6.45) is 3.57. The number of Topliss-reactive ketones (excluding diaryl/α,β-unsaturated/α-hetero) is 1. The molecule has 152 valence electrons. The first-order valence-corrected chi connectivity index (χ1v) is 10.5. The Morgan fingerprint density at radius 3 is 2.43 bits per heavy atom. The number of fused-ring (bicyclic) bond motifs is 2. The van der Waals surface area contributed by atoms with Crippen molar-refractivity contribution < 1.29 is 14.3 Å². The Balaban J connectivity index is 1.25. The second-order valence-electron chi connectivity index (χ2n) is 8.30. The highest BCUT2D eigenvalue weighted by Gasteiger charge is 2.30. The van der Waals surface area contributed by atoms with Crippen molar-refractivity contribution in [2.75, 3.05) is 19.6 Å². The van der Waals surface area contributed by atoms with Crippen molar-refractivity contribution >= 4 is 16.6 Å². The summed E-state index contributed by atoms with van der Waals surface area (Å²) in [6.45, 7) is 5.18. The van der Waals surface area contributed by atoms with Crippen LogP contribution in [-0.4, -0.2) is 30.3 Å². The Morgan fingerprint density at radius 1 is 0.933 bits per heavy atom. The van der Waals surface area contributed by atoms with Gasteiger partial charge < -0.3 is 14.4 Å². The lowest BCUT2D eigenvalue weighted by Crippen LogP contribution is -2.24. The maximum Gasteiger partial charge on any atom is 0.169 e. The molecular weight excluding hydrogens is 374 g/mol. The van der Waals surface area contributed by atoms with Gasteiger partial charge in [0.15, 0.2) is 17.3 Å². The number of hydrogen-bond donors (Lipinski definition) is 0. The number of rotatable bonds is 5. The van der Waals surface area contributed by atoms with Crippen LogP contribution in [0.3, 0.4) is 0 Å². The second-order valence-corrected chi connectivity index (χ2v) is 8.30. The zero-order valence-corrected chi connectivity index (χ0v) is 17.1. The largest absolute Gasteiger partial charge is 0.458 e. The van der Waals surface area contributed by atoms with Gasteiger partial charge in [-0.1, -0.05) is 49.4 Å². The molecule has 3 aromatic rings. The second kappa shape index (κ2) is 7.96. The van der Waals surface area contributed by atoms with Gasteiger partial charge in [0.05, 0.1) is 0 Å². The van der Waals surface area contributed by atoms with E-state index in [0.29, 0.717) is 29.8 Å². The van der Waals surface area contributed by atoms with Gasteiger partial charge in [-0.05, 0) is 40.5 Å². The molecule has 0 radical (unpaired) electrons. The lowest BCUT2D eigenvalue weighted by molar-refractivity contribution is 0.0968. The number of nitrogens with zero attached hydrogens (tertiary/aromatic N) is 1. The number of likely N-dealkylation sites (tertiary alicyclic amines) is 1. The first-order chi connectivity index (χ1) is 14.7. The van der Waals surface area contributed by atoms with Crippen LogP contribution in [0.1, 0.15) is 35.2 Å². The van der Waals surface area contributed by atoms with Crippen molar-refractivity contribution in [3.63, 3.8) is 0 Å². The van der Waals surface area contributed by atoms with Gasteiger partial charge in [-0.3, -0.25) is 4.79 Å². The van der Waals surface area contributed by atoms with Gasteiger partial charge in [-0.25, -0.2) is 0 Å². The van der Waals surface area contributed by atoms with Crippen LogP contribution in [0.15, 0.2) is 73.2 Å². The molecule has 2 aliphatic heterocycles. The maximum absolute atomic E-state index is 12.9. The lowest BCUT2D eigenvalue weighted by atomic mass is 9.90. The smallest absolute Gasteiger partial charge is 0.169 e. The van der Waals surface area contributed by atoms with Crippen molar-refractivity contribution in [2.45, 2.75) is 19.3 Å². The molecule has 0 spiro atoms. The molecule has 1 fully saturated rings. The summed E-state index contributed by atoms with van der Waals surface area (Å²) < 4.78 is 11.0. The van der Waals surface area contributed by atoms with E-state index in [9.17, 15) is 4.79 Å². The fourth-order valence-corrected chi connectivity index (χ4v) is 4.60. The van der Waals surface area contributed by atoms with E-state index in [1.807, 2.05) is 30.3 Å². The minimum absolute atomic E-state index is 0.183. The van der Waals surface area contributed by atoms with Crippen LogP contribution < -0.4 is 9.47 Å². The maximum atomic E-state index is 12.9. The van der Waals surface area contributed by atoms with Crippen LogP contribution in [0.5, 0.6) is 11.5 Å². The zero-order chi connectivity index (χ0) is 20.5. The predicted molar refractivity (Wildman–Crippen MR) is 118 cm³/mol. The summed E-state index contributed by atoms with van der Waals surface area (Å²) in [5.74, 6) is 2.70. The standard InChI is InChI=1S/C26H25NO3/c1-18-16-27(17-23(18)19-5-3-2-4-6-19)10-9-24(28)21-8-7-20-14-25-26(15-22(20)13-21)30-12-11-29-25/h2-8,11-15,18,23H,9-10,16-17H2,1H3. The molecule has 4 heteroatoms. The van der Waals surface area contributed by atoms with Crippen LogP contribution in [0, 0.1) is 5.92 Å². The van der Waals surface area contributed by atoms with E-state index in [-0.39, 0.29) is 5.78 Å². The van der Waals surface area contributed by atoms with E-state index in [1.54, 1.807) is 0 Å². The number of ketones is 1. The summed E-state index contributed by atoms with van der Waals surface area (Å²) in [7, 11) is 0. The Labute approximate surface area is 176 Å². The molecule has 0 N–H and O–H groups in total. The summed E-state index contributed by atoms with van der Waals surface area (Å²) in [5.41, 5.74) is 2.15. The van der Waals surface area contributed by atoms with Crippen molar-refractivity contribution in [1.82, 2.24) is 4.90 Å². The van der Waals surface area contributed by atoms with E-state index < -0.39 is 0 Å². The predicted octanol–water partition coefficient (Wildman–Crippen LogP) is 5.39. The molecule has 2 aliphatic rings. The van der Waals surface area contributed by atoms with Gasteiger partial charge in [0.1, 0.15) is 12.5 Å². The van der Waals surface area contributed by atoms with Crippen LogP contribution in [0.25, 0.3) is 10.8 Å². The zero-order valence-electron chi connectivity index (χ0n) is 17.1. The van der Waals surface area contributed by atoms with Crippen LogP contribution in [0.4, 0.5) is 0 Å². The Hall–Kier alpha value is -3.11. The molecule has 0 aliphatic carbocycles. The van der Waals surface area contributed by atoms with Crippen LogP contribution in [0.2, 0.25) is 0 Å². The van der Waals surface area contributed by atoms with Crippen molar-refractivity contribution in [2.24, 2.45) is 5.92 Å². The quantitative estimate of drug-likeness (QED) is 0.539. The molecule has 0 aromatic heterocycles. The van der Waals surface area contributed by atoms with Gasteiger partial charge in [0.25, 0.3) is 0 Å². The Bertz CT molecular complexity index is 1110. The van der Waals surface area contributed by atoms with Gasteiger partial charge >= 0.3 is 0 Å². The molecule has 5 rings (SSSR count). The minimum Gasteiger partial charge on any atom is -0.458 e. The van der Waals surface area contributed by atoms with E-state index >= 15 is 0 Å². The minimum atomic E-state index is 0.183. The number of carbonyl (C=O) groups is 1. The van der Waals surface area contributed by atoms with Gasteiger partial charge in [-0.15, -0.1) is 0 Å². The first kappa shape index (κ1) is 18.9. The van der Waals surface area contributed by atoms with E-state index in [2.05, 4.69) is 42.2 Å². The van der Waals surface area contributed by atoms with Crippen molar-refractivity contribution in [3.8, 4) is 11.5 Å². The average Bonchev–Trinajstić information content (AvgIpc) is 3.16. The average molecular weight is 399 g/mol. The monoisotopic (exact) mass is 399 g/mol. The normalized spacial score (nSPS) is 20.6. The van der Waals surface area contributed by atoms with E-state index in [4.69, 9.17) is 9.47 Å². The highest BCUT2D eigenvalue weighted by Crippen LogP contribution is 2.35. The third-order valence-corrected chi connectivity index (χ3v) is 6.24. The van der Waals surface area contributed by atoms with Gasteiger partial charge in [0.2, 0.25) is 0 Å². The molecule has 2 atom stereocenters. The number of benzene rings is 3. The third-order valence-electron chi connectivity index (χ3n) is 6.24. The number of ether oxygens (including phenoxy) is 2. The molecule has 3 aromatic carbocycles.